The molecule has 74 valence electrons. The van der Waals surface area contributed by atoms with Crippen molar-refractivity contribution in [2.24, 2.45) is 5.73 Å². The summed E-state index contributed by atoms with van der Waals surface area (Å²) in [6, 6.07) is 7.55. The number of amides is 1. The van der Waals surface area contributed by atoms with Crippen molar-refractivity contribution in [1.29, 1.82) is 0 Å². The molecule has 2 N–H and O–H groups in total. The first-order valence-corrected chi connectivity index (χ1v) is 4.63. The predicted molar refractivity (Wildman–Crippen MR) is 53.1 cm³/mol. The summed E-state index contributed by atoms with van der Waals surface area (Å²) in [7, 11) is 1.62. The third-order valence-electron chi connectivity index (χ3n) is 2.86. The summed E-state index contributed by atoms with van der Waals surface area (Å²) in [6.07, 6.45) is 1.74. The van der Waals surface area contributed by atoms with E-state index in [9.17, 15) is 4.79 Å². The zero-order valence-electron chi connectivity index (χ0n) is 8.12. The van der Waals surface area contributed by atoms with E-state index in [0.29, 0.717) is 0 Å². The lowest BCUT2D eigenvalue weighted by Gasteiger charge is -2.11. The van der Waals surface area contributed by atoms with Crippen LogP contribution in [0.1, 0.15) is 18.4 Å². The average Bonchev–Trinajstić information content (AvgIpc) is 2.99. The Hall–Kier alpha value is -1.51. The van der Waals surface area contributed by atoms with Crippen LogP contribution in [0.5, 0.6) is 5.75 Å². The fourth-order valence-corrected chi connectivity index (χ4v) is 1.71. The van der Waals surface area contributed by atoms with Gasteiger partial charge in [0.05, 0.1) is 12.5 Å². The number of hydrogen-bond acceptors (Lipinski definition) is 2. The van der Waals surface area contributed by atoms with Gasteiger partial charge in [0.1, 0.15) is 5.75 Å². The van der Waals surface area contributed by atoms with Crippen LogP contribution >= 0.6 is 0 Å². The standard InChI is InChI=1S/C11H13NO2/c1-14-9-4-2-8(3-5-9)11(6-7-11)10(12)13/h2-5H,6-7H2,1H3,(H2,12,13). The van der Waals surface area contributed by atoms with Crippen LogP contribution in [-0.2, 0) is 10.2 Å². The summed E-state index contributed by atoms with van der Waals surface area (Å²) in [6.45, 7) is 0. The Morgan fingerprint density at radius 3 is 2.29 bits per heavy atom. The predicted octanol–water partition coefficient (Wildman–Crippen LogP) is 1.21. The third-order valence-corrected chi connectivity index (χ3v) is 2.86. The molecule has 0 unspecified atom stereocenters. The van der Waals surface area contributed by atoms with Gasteiger partial charge in [0.15, 0.2) is 0 Å². The Bertz CT molecular complexity index is 352. The molecule has 3 nitrogen and oxygen atoms in total. The number of carbonyl (C=O) groups is 1. The molecule has 0 heterocycles. The van der Waals surface area contributed by atoms with Gasteiger partial charge in [-0.2, -0.15) is 0 Å². The number of benzene rings is 1. The number of ether oxygens (including phenoxy) is 1. The molecule has 2 rings (SSSR count). The van der Waals surface area contributed by atoms with Crippen LogP contribution in [0.2, 0.25) is 0 Å². The van der Waals surface area contributed by atoms with E-state index in [0.717, 1.165) is 24.2 Å². The summed E-state index contributed by atoms with van der Waals surface area (Å²) in [4.78, 5) is 11.2. The van der Waals surface area contributed by atoms with Crippen LogP contribution in [0.3, 0.4) is 0 Å². The summed E-state index contributed by atoms with van der Waals surface area (Å²) >= 11 is 0. The zero-order valence-corrected chi connectivity index (χ0v) is 8.12. The molecule has 0 bridgehead atoms. The van der Waals surface area contributed by atoms with Crippen LogP contribution in [0, 0.1) is 0 Å². The maximum absolute atomic E-state index is 11.2. The molecule has 0 aliphatic heterocycles. The molecule has 0 aromatic heterocycles. The van der Waals surface area contributed by atoms with Crippen molar-refractivity contribution in [3.63, 3.8) is 0 Å². The number of rotatable bonds is 3. The molecular weight excluding hydrogens is 178 g/mol. The lowest BCUT2D eigenvalue weighted by Crippen LogP contribution is -2.28. The SMILES string of the molecule is COc1ccc(C2(C(N)=O)CC2)cc1. The maximum atomic E-state index is 11.2. The molecule has 1 amide bonds. The molecule has 0 atom stereocenters. The Labute approximate surface area is 82.9 Å². The van der Waals surface area contributed by atoms with Gasteiger partial charge in [-0.05, 0) is 30.5 Å². The van der Waals surface area contributed by atoms with E-state index in [-0.39, 0.29) is 11.3 Å². The van der Waals surface area contributed by atoms with E-state index in [4.69, 9.17) is 10.5 Å². The Balaban J connectivity index is 2.29. The molecule has 0 spiro atoms. The molecule has 1 aromatic rings. The van der Waals surface area contributed by atoms with Crippen molar-refractivity contribution in [3.05, 3.63) is 29.8 Å². The number of methoxy groups -OCH3 is 1. The second-order valence-electron chi connectivity index (χ2n) is 3.67. The van der Waals surface area contributed by atoms with Gasteiger partial charge in [0.2, 0.25) is 5.91 Å². The van der Waals surface area contributed by atoms with Crippen LogP contribution in [0.15, 0.2) is 24.3 Å². The van der Waals surface area contributed by atoms with Crippen LogP contribution in [0.25, 0.3) is 0 Å². The largest absolute Gasteiger partial charge is 0.497 e. The quantitative estimate of drug-likeness (QED) is 0.780. The second kappa shape index (κ2) is 3.01. The summed E-state index contributed by atoms with van der Waals surface area (Å²) in [5, 5.41) is 0. The van der Waals surface area contributed by atoms with E-state index < -0.39 is 0 Å². The average molecular weight is 191 g/mol. The van der Waals surface area contributed by atoms with Crippen molar-refractivity contribution in [1.82, 2.24) is 0 Å². The second-order valence-corrected chi connectivity index (χ2v) is 3.67. The molecule has 1 aliphatic carbocycles. The Kier molecular flexibility index (Phi) is 1.95. The highest BCUT2D eigenvalue weighted by Gasteiger charge is 2.49. The highest BCUT2D eigenvalue weighted by molar-refractivity contribution is 5.89. The zero-order chi connectivity index (χ0) is 10.2. The minimum Gasteiger partial charge on any atom is -0.497 e. The summed E-state index contributed by atoms with van der Waals surface area (Å²) < 4.78 is 5.05. The van der Waals surface area contributed by atoms with Gasteiger partial charge in [0.25, 0.3) is 0 Å². The lowest BCUT2D eigenvalue weighted by atomic mass is 9.95. The van der Waals surface area contributed by atoms with Gasteiger partial charge in [-0.25, -0.2) is 0 Å². The smallest absolute Gasteiger partial charge is 0.228 e. The Morgan fingerprint density at radius 2 is 1.93 bits per heavy atom. The first-order chi connectivity index (χ1) is 6.69. The van der Waals surface area contributed by atoms with Crippen molar-refractivity contribution < 1.29 is 9.53 Å². The molecule has 1 fully saturated rings. The van der Waals surface area contributed by atoms with E-state index >= 15 is 0 Å². The van der Waals surface area contributed by atoms with Crippen molar-refractivity contribution in [2.45, 2.75) is 18.3 Å². The van der Waals surface area contributed by atoms with Gasteiger partial charge in [0, 0.05) is 0 Å². The topological polar surface area (TPSA) is 52.3 Å². The molecule has 1 aliphatic rings. The number of primary amides is 1. The maximum Gasteiger partial charge on any atom is 0.228 e. The Morgan fingerprint density at radius 1 is 1.36 bits per heavy atom. The van der Waals surface area contributed by atoms with Crippen LogP contribution < -0.4 is 10.5 Å². The first-order valence-electron chi connectivity index (χ1n) is 4.63. The molecule has 3 heteroatoms. The van der Waals surface area contributed by atoms with E-state index in [2.05, 4.69) is 0 Å². The lowest BCUT2D eigenvalue weighted by molar-refractivity contribution is -0.120. The van der Waals surface area contributed by atoms with Crippen molar-refractivity contribution in [2.75, 3.05) is 7.11 Å². The van der Waals surface area contributed by atoms with Gasteiger partial charge in [-0.3, -0.25) is 4.79 Å². The normalized spacial score (nSPS) is 17.5. The van der Waals surface area contributed by atoms with E-state index in [1.54, 1.807) is 7.11 Å². The van der Waals surface area contributed by atoms with Crippen molar-refractivity contribution >= 4 is 5.91 Å². The van der Waals surface area contributed by atoms with E-state index in [1.165, 1.54) is 0 Å². The third kappa shape index (κ3) is 1.25. The van der Waals surface area contributed by atoms with Gasteiger partial charge in [-0.15, -0.1) is 0 Å². The molecule has 1 saturated carbocycles. The molecule has 0 radical (unpaired) electrons. The first kappa shape index (κ1) is 9.06. The van der Waals surface area contributed by atoms with Gasteiger partial charge >= 0.3 is 0 Å². The fraction of sp³-hybridized carbons (Fsp3) is 0.364. The summed E-state index contributed by atoms with van der Waals surface area (Å²) in [5.41, 5.74) is 5.99. The summed E-state index contributed by atoms with van der Waals surface area (Å²) in [5.74, 6) is 0.580. The van der Waals surface area contributed by atoms with E-state index in [1.807, 2.05) is 24.3 Å². The number of nitrogens with two attached hydrogens (primary N) is 1. The van der Waals surface area contributed by atoms with Crippen molar-refractivity contribution in [3.8, 4) is 5.75 Å². The minimum absolute atomic E-state index is 0.220. The van der Waals surface area contributed by atoms with Gasteiger partial charge in [-0.1, -0.05) is 12.1 Å². The highest BCUT2D eigenvalue weighted by atomic mass is 16.5. The monoisotopic (exact) mass is 191 g/mol. The van der Waals surface area contributed by atoms with Crippen LogP contribution in [-0.4, -0.2) is 13.0 Å². The highest BCUT2D eigenvalue weighted by Crippen LogP contribution is 2.48. The number of carbonyl (C=O) groups excluding carboxylic acids is 1. The molecule has 0 saturated heterocycles. The van der Waals surface area contributed by atoms with Crippen LogP contribution in [0.4, 0.5) is 0 Å². The molecule has 1 aromatic carbocycles. The number of hydrogen-bond donors (Lipinski definition) is 1. The minimum atomic E-state index is -0.383. The van der Waals surface area contributed by atoms with Gasteiger partial charge < -0.3 is 10.5 Å². The molecule has 14 heavy (non-hydrogen) atoms. The fourth-order valence-electron chi connectivity index (χ4n) is 1.71. The molecular formula is C11H13NO2.